The fraction of sp³-hybridized carbons (Fsp3) is 0.469. The molecule has 15 nitrogen and oxygen atoms in total. The van der Waals surface area contributed by atoms with Gasteiger partial charge in [0.1, 0.15) is 36.6 Å². The summed E-state index contributed by atoms with van der Waals surface area (Å²) in [6.07, 6.45) is 0.812. The normalized spacial score (nSPS) is 22.0. The number of nitrogens with one attached hydrogen (secondary N) is 1. The lowest BCUT2D eigenvalue weighted by Gasteiger charge is -2.38. The Kier molecular flexibility index (Phi) is 9.68. The van der Waals surface area contributed by atoms with Gasteiger partial charge in [-0.15, -0.1) is 0 Å². The molecule has 47 heavy (non-hydrogen) atoms. The minimum Gasteiger partial charge on any atom is -0.445 e. The Labute approximate surface area is 271 Å². The minimum atomic E-state index is -1.50. The molecular formula is C32H41N9O6. The van der Waals surface area contributed by atoms with Crippen LogP contribution >= 0.6 is 0 Å². The summed E-state index contributed by atoms with van der Waals surface area (Å²) in [4.78, 5) is 38.9. The van der Waals surface area contributed by atoms with Crippen molar-refractivity contribution in [2.24, 2.45) is 7.05 Å². The summed E-state index contributed by atoms with van der Waals surface area (Å²) >= 11 is 0. The number of nitrogens with two attached hydrogens (primary N) is 1. The monoisotopic (exact) mass is 647 g/mol. The van der Waals surface area contributed by atoms with Crippen molar-refractivity contribution < 1.29 is 29.3 Å². The molecule has 0 spiro atoms. The molecule has 0 unspecified atom stereocenters. The molecule has 6 rings (SSSR count). The van der Waals surface area contributed by atoms with Gasteiger partial charge in [0, 0.05) is 44.1 Å². The molecule has 3 aromatic heterocycles. The number of carbonyl (C=O) groups is 2. The number of carbonyl (C=O) groups excluding carboxylic acids is 2. The molecule has 0 saturated carbocycles. The first-order valence-electron chi connectivity index (χ1n) is 15.8. The fourth-order valence-electron chi connectivity index (χ4n) is 6.31. The number of aryl methyl sites for hydroxylation is 1. The van der Waals surface area contributed by atoms with Crippen molar-refractivity contribution in [1.82, 2.24) is 39.4 Å². The van der Waals surface area contributed by atoms with Gasteiger partial charge in [0.25, 0.3) is 5.91 Å². The molecule has 2 fully saturated rings. The Morgan fingerprint density at radius 1 is 1.11 bits per heavy atom. The van der Waals surface area contributed by atoms with Crippen LogP contribution in [0.2, 0.25) is 0 Å². The van der Waals surface area contributed by atoms with E-state index in [9.17, 15) is 19.8 Å². The Morgan fingerprint density at radius 2 is 1.87 bits per heavy atom. The number of anilines is 1. The van der Waals surface area contributed by atoms with Gasteiger partial charge in [-0.05, 0) is 51.0 Å². The van der Waals surface area contributed by atoms with Crippen LogP contribution in [0.4, 0.5) is 10.6 Å². The van der Waals surface area contributed by atoms with Crippen LogP contribution in [0.3, 0.4) is 0 Å². The van der Waals surface area contributed by atoms with Crippen LogP contribution in [0, 0.1) is 0 Å². The van der Waals surface area contributed by atoms with E-state index in [1.165, 1.54) is 6.33 Å². The van der Waals surface area contributed by atoms with Crippen molar-refractivity contribution in [2.45, 2.75) is 56.5 Å². The van der Waals surface area contributed by atoms with Crippen molar-refractivity contribution in [1.29, 1.82) is 0 Å². The van der Waals surface area contributed by atoms with E-state index in [0.29, 0.717) is 35.3 Å². The third kappa shape index (κ3) is 6.93. The van der Waals surface area contributed by atoms with Gasteiger partial charge in [0.2, 0.25) is 0 Å². The van der Waals surface area contributed by atoms with Crippen LogP contribution in [0.25, 0.3) is 22.3 Å². The average Bonchev–Trinajstić information content (AvgIpc) is 3.76. The second kappa shape index (κ2) is 14.0. The number of nitrogen functional groups attached to an aromatic ring is 1. The number of amides is 2. The van der Waals surface area contributed by atoms with Crippen molar-refractivity contribution in [2.75, 3.05) is 39.0 Å². The lowest BCUT2D eigenvalue weighted by atomic mass is 10.0. The summed E-state index contributed by atoms with van der Waals surface area (Å²) in [6.45, 7) is 2.39. The van der Waals surface area contributed by atoms with Gasteiger partial charge in [-0.1, -0.05) is 30.3 Å². The number of likely N-dealkylation sites (tertiary alicyclic amines) is 1. The molecule has 4 atom stereocenters. The van der Waals surface area contributed by atoms with Gasteiger partial charge in [0.15, 0.2) is 12.3 Å². The van der Waals surface area contributed by atoms with Crippen LogP contribution in [0.1, 0.15) is 31.1 Å². The van der Waals surface area contributed by atoms with Gasteiger partial charge in [-0.3, -0.25) is 9.48 Å². The first-order valence-corrected chi connectivity index (χ1v) is 15.8. The Morgan fingerprint density at radius 3 is 2.60 bits per heavy atom. The smallest absolute Gasteiger partial charge is 0.407 e. The molecule has 5 heterocycles. The van der Waals surface area contributed by atoms with E-state index < -0.39 is 36.5 Å². The van der Waals surface area contributed by atoms with E-state index in [4.69, 9.17) is 15.2 Å². The van der Waals surface area contributed by atoms with Crippen molar-refractivity contribution in [3.63, 3.8) is 0 Å². The first kappa shape index (κ1) is 32.4. The molecule has 5 N–H and O–H groups in total. The van der Waals surface area contributed by atoms with Crippen molar-refractivity contribution in [3.8, 4) is 11.3 Å². The summed E-state index contributed by atoms with van der Waals surface area (Å²) in [5, 5.41) is 30.2. The predicted octanol–water partition coefficient (Wildman–Crippen LogP) is 1.27. The van der Waals surface area contributed by atoms with Crippen LogP contribution in [0.5, 0.6) is 0 Å². The number of piperidine rings is 1. The Bertz CT molecular complexity index is 1690. The van der Waals surface area contributed by atoms with Crippen LogP contribution in [0.15, 0.2) is 55.1 Å². The maximum Gasteiger partial charge on any atom is 0.407 e. The predicted molar refractivity (Wildman–Crippen MR) is 172 cm³/mol. The zero-order chi connectivity index (χ0) is 33.1. The van der Waals surface area contributed by atoms with Gasteiger partial charge >= 0.3 is 6.09 Å². The number of fused-ring (bicyclic) bond motifs is 1. The zero-order valence-electron chi connectivity index (χ0n) is 26.5. The highest BCUT2D eigenvalue weighted by Gasteiger charge is 2.49. The number of hydrogen-bond acceptors (Lipinski definition) is 11. The van der Waals surface area contributed by atoms with E-state index in [0.717, 1.165) is 31.5 Å². The molecule has 0 radical (unpaired) electrons. The number of hydrogen-bond donors (Lipinski definition) is 4. The largest absolute Gasteiger partial charge is 0.445 e. The molecule has 1 aromatic carbocycles. The SMILES string of the molecule is CN1CCC(N(CCCNC(=O)OCc2ccccc2)C(=O)[C@H]2O[C@@H](n3cc(-c4ccn(C)n4)c4c(N)ncnc43)[C@H](O)[C@@H]2O)CC1. The Balaban J connectivity index is 1.16. The highest BCUT2D eigenvalue weighted by atomic mass is 16.6. The summed E-state index contributed by atoms with van der Waals surface area (Å²) in [6, 6.07) is 11.1. The number of rotatable bonds is 10. The molecule has 2 amide bonds. The number of nitrogens with zero attached hydrogens (tertiary/aromatic N) is 7. The number of alkyl carbamates (subject to hydrolysis) is 1. The number of benzene rings is 1. The standard InChI is InChI=1S/C32H41N9O6/c1-38-14-9-21(10-15-38)40(13-6-12-34-32(45)46-18-20-7-4-3-5-8-20)30(44)27-25(42)26(43)31(47-27)41-17-22(23-11-16-39(2)37-23)24-28(33)35-19-36-29(24)41/h3-5,7-8,11,16-17,19,21,25-27,31,42-43H,6,9-10,12-15,18H2,1-2H3,(H,34,45)(H2,33,35,36)/t25-,26+,27-,31+/m0/s1. The number of ether oxygens (including phenoxy) is 2. The van der Waals surface area contributed by atoms with Crippen molar-refractivity contribution in [3.05, 3.63) is 60.7 Å². The molecular weight excluding hydrogens is 606 g/mol. The lowest BCUT2D eigenvalue weighted by molar-refractivity contribution is -0.152. The number of aliphatic hydroxyl groups is 2. The van der Waals surface area contributed by atoms with E-state index in [2.05, 4.69) is 25.3 Å². The third-order valence-electron chi connectivity index (χ3n) is 8.85. The fourth-order valence-corrected chi connectivity index (χ4v) is 6.31. The van der Waals surface area contributed by atoms with Gasteiger partial charge in [-0.2, -0.15) is 5.10 Å². The molecule has 250 valence electrons. The third-order valence-corrected chi connectivity index (χ3v) is 8.85. The molecule has 4 aromatic rings. The summed E-state index contributed by atoms with van der Waals surface area (Å²) in [7, 11) is 3.83. The topological polar surface area (TPSA) is 186 Å². The molecule has 15 heteroatoms. The quantitative estimate of drug-likeness (QED) is 0.182. The van der Waals surface area contributed by atoms with E-state index in [1.54, 1.807) is 33.6 Å². The summed E-state index contributed by atoms with van der Waals surface area (Å²) < 4.78 is 14.7. The molecule has 2 aliphatic heterocycles. The second-order valence-electron chi connectivity index (χ2n) is 12.1. The molecule has 0 bridgehead atoms. The van der Waals surface area contributed by atoms with E-state index in [1.807, 2.05) is 43.4 Å². The van der Waals surface area contributed by atoms with Crippen LogP contribution in [-0.2, 0) is 27.9 Å². The lowest BCUT2D eigenvalue weighted by Crippen LogP contribution is -2.52. The van der Waals surface area contributed by atoms with E-state index in [-0.39, 0.29) is 25.0 Å². The summed E-state index contributed by atoms with van der Waals surface area (Å²) in [5.74, 6) is -0.197. The maximum atomic E-state index is 14.1. The van der Waals surface area contributed by atoms with Crippen LogP contribution < -0.4 is 11.1 Å². The van der Waals surface area contributed by atoms with E-state index >= 15 is 0 Å². The average molecular weight is 648 g/mol. The second-order valence-corrected chi connectivity index (χ2v) is 12.1. The number of aromatic nitrogens is 5. The van der Waals surface area contributed by atoms with Gasteiger partial charge in [-0.25, -0.2) is 14.8 Å². The minimum absolute atomic E-state index is 0.0913. The van der Waals surface area contributed by atoms with Crippen molar-refractivity contribution >= 4 is 28.9 Å². The first-order chi connectivity index (χ1) is 22.7. The maximum absolute atomic E-state index is 14.1. The highest BCUT2D eigenvalue weighted by Crippen LogP contribution is 2.38. The molecule has 2 aliphatic rings. The van der Waals surface area contributed by atoms with Crippen LogP contribution in [-0.4, -0.2) is 114 Å². The Hall–Kier alpha value is -4.57. The highest BCUT2D eigenvalue weighted by molar-refractivity contribution is 6.00. The van der Waals surface area contributed by atoms with Gasteiger partial charge in [0.05, 0.1) is 11.1 Å². The number of aliphatic hydroxyl groups excluding tert-OH is 2. The molecule has 0 aliphatic carbocycles. The zero-order valence-corrected chi connectivity index (χ0v) is 26.5. The van der Waals surface area contributed by atoms with Gasteiger partial charge < -0.3 is 45.1 Å². The summed E-state index contributed by atoms with van der Waals surface area (Å²) in [5.41, 5.74) is 8.75. The molecule has 2 saturated heterocycles.